The van der Waals surface area contributed by atoms with Gasteiger partial charge in [-0.3, -0.25) is 4.79 Å². The Labute approximate surface area is 155 Å². The molecular formula is C19H19N3O3S. The molecule has 0 radical (unpaired) electrons. The number of aromatic nitrogens is 2. The third-order valence-corrected chi connectivity index (χ3v) is 4.57. The van der Waals surface area contributed by atoms with Gasteiger partial charge in [-0.1, -0.05) is 23.8 Å². The minimum absolute atomic E-state index is 0.169. The van der Waals surface area contributed by atoms with Gasteiger partial charge in [0, 0.05) is 16.5 Å². The fourth-order valence-corrected chi connectivity index (χ4v) is 3.07. The predicted octanol–water partition coefficient (Wildman–Crippen LogP) is 3.73. The van der Waals surface area contributed by atoms with Gasteiger partial charge in [-0.15, -0.1) is 11.3 Å². The van der Waals surface area contributed by atoms with Crippen LogP contribution in [0.4, 0.5) is 5.82 Å². The first-order chi connectivity index (χ1) is 12.6. The lowest BCUT2D eigenvalue weighted by Gasteiger charge is -2.08. The quantitative estimate of drug-likeness (QED) is 0.672. The molecule has 3 aromatic rings. The van der Waals surface area contributed by atoms with Crippen LogP contribution in [-0.4, -0.2) is 28.3 Å². The molecule has 6 nitrogen and oxygen atoms in total. The van der Waals surface area contributed by atoms with Crippen molar-refractivity contribution in [1.29, 1.82) is 0 Å². The van der Waals surface area contributed by atoms with Gasteiger partial charge in [0.2, 0.25) is 0 Å². The summed E-state index contributed by atoms with van der Waals surface area (Å²) in [5.74, 6) is -0.317. The van der Waals surface area contributed by atoms with Gasteiger partial charge >= 0.3 is 5.97 Å². The van der Waals surface area contributed by atoms with E-state index in [0.717, 1.165) is 10.4 Å². The second-order valence-electron chi connectivity index (χ2n) is 5.69. The van der Waals surface area contributed by atoms with E-state index in [1.54, 1.807) is 35.1 Å². The van der Waals surface area contributed by atoms with Crippen molar-refractivity contribution in [2.75, 3.05) is 11.9 Å². The minimum atomic E-state index is -0.511. The average Bonchev–Trinajstić information content (AvgIpc) is 3.26. The maximum atomic E-state index is 12.5. The first kappa shape index (κ1) is 17.9. The highest BCUT2D eigenvalue weighted by molar-refractivity contribution is 7.09. The maximum absolute atomic E-state index is 12.5. The topological polar surface area (TPSA) is 73.2 Å². The Morgan fingerprint density at radius 2 is 2.00 bits per heavy atom. The average molecular weight is 369 g/mol. The third kappa shape index (κ3) is 4.18. The van der Waals surface area contributed by atoms with E-state index in [-0.39, 0.29) is 18.2 Å². The summed E-state index contributed by atoms with van der Waals surface area (Å²) >= 11 is 1.58. The van der Waals surface area contributed by atoms with Crippen LogP contribution in [0.5, 0.6) is 0 Å². The molecular weight excluding hydrogens is 350 g/mol. The molecule has 134 valence electrons. The van der Waals surface area contributed by atoms with Crippen LogP contribution in [-0.2, 0) is 11.3 Å². The number of benzene rings is 1. The number of ether oxygens (including phenoxy) is 1. The molecule has 0 aliphatic carbocycles. The van der Waals surface area contributed by atoms with E-state index in [2.05, 4.69) is 10.4 Å². The van der Waals surface area contributed by atoms with E-state index >= 15 is 0 Å². The second kappa shape index (κ2) is 7.97. The van der Waals surface area contributed by atoms with Crippen molar-refractivity contribution in [2.45, 2.75) is 20.4 Å². The summed E-state index contributed by atoms with van der Waals surface area (Å²) in [6.07, 6.45) is 0. The Morgan fingerprint density at radius 3 is 2.65 bits per heavy atom. The molecule has 2 heterocycles. The van der Waals surface area contributed by atoms with Crippen molar-refractivity contribution in [3.63, 3.8) is 0 Å². The van der Waals surface area contributed by atoms with Crippen LogP contribution in [0, 0.1) is 6.92 Å². The van der Waals surface area contributed by atoms with Gasteiger partial charge in [-0.05, 0) is 37.4 Å². The molecule has 3 rings (SSSR count). The zero-order valence-electron chi connectivity index (χ0n) is 14.6. The highest BCUT2D eigenvalue weighted by Crippen LogP contribution is 2.18. The lowest BCUT2D eigenvalue weighted by molar-refractivity contribution is 0.0518. The van der Waals surface area contributed by atoms with E-state index in [0.29, 0.717) is 17.9 Å². The molecule has 0 spiro atoms. The summed E-state index contributed by atoms with van der Waals surface area (Å²) in [5.41, 5.74) is 1.79. The molecule has 26 heavy (non-hydrogen) atoms. The Kier molecular flexibility index (Phi) is 5.48. The molecule has 0 aliphatic heterocycles. The Hall–Kier alpha value is -2.93. The molecule has 0 saturated carbocycles. The minimum Gasteiger partial charge on any atom is -0.461 e. The lowest BCUT2D eigenvalue weighted by atomic mass is 10.1. The van der Waals surface area contributed by atoms with E-state index < -0.39 is 5.97 Å². The van der Waals surface area contributed by atoms with Gasteiger partial charge in [0.25, 0.3) is 5.91 Å². The largest absolute Gasteiger partial charge is 0.461 e. The van der Waals surface area contributed by atoms with Crippen LogP contribution in [0.25, 0.3) is 0 Å². The molecule has 0 atom stereocenters. The first-order valence-corrected chi connectivity index (χ1v) is 9.10. The summed E-state index contributed by atoms with van der Waals surface area (Å²) < 4.78 is 6.61. The molecule has 7 heteroatoms. The zero-order chi connectivity index (χ0) is 18.5. The van der Waals surface area contributed by atoms with Gasteiger partial charge in [-0.25, -0.2) is 9.48 Å². The summed E-state index contributed by atoms with van der Waals surface area (Å²) in [4.78, 5) is 25.6. The number of anilines is 1. The van der Waals surface area contributed by atoms with Gasteiger partial charge in [0.1, 0.15) is 5.82 Å². The number of aryl methyl sites for hydroxylation is 1. The van der Waals surface area contributed by atoms with Gasteiger partial charge in [0.15, 0.2) is 5.69 Å². The number of carbonyl (C=O) groups excluding carboxylic acids is 2. The number of rotatable bonds is 6. The van der Waals surface area contributed by atoms with Crippen molar-refractivity contribution in [2.24, 2.45) is 0 Å². The summed E-state index contributed by atoms with van der Waals surface area (Å²) in [5, 5.41) is 9.10. The van der Waals surface area contributed by atoms with Crippen LogP contribution in [0.2, 0.25) is 0 Å². The van der Waals surface area contributed by atoms with Crippen LogP contribution in [0.3, 0.4) is 0 Å². The second-order valence-corrected chi connectivity index (χ2v) is 6.72. The molecule has 0 aliphatic rings. The normalized spacial score (nSPS) is 10.5. The first-order valence-electron chi connectivity index (χ1n) is 8.22. The van der Waals surface area contributed by atoms with E-state index in [1.165, 1.54) is 6.07 Å². The molecule has 2 aromatic heterocycles. The number of hydrogen-bond acceptors (Lipinski definition) is 5. The number of amides is 1. The smallest absolute Gasteiger partial charge is 0.358 e. The van der Waals surface area contributed by atoms with Crippen molar-refractivity contribution in [3.05, 3.63) is 69.5 Å². The summed E-state index contributed by atoms with van der Waals surface area (Å²) in [7, 11) is 0. The third-order valence-electron chi connectivity index (χ3n) is 3.71. The number of carbonyl (C=O) groups is 2. The van der Waals surface area contributed by atoms with E-state index in [1.807, 2.05) is 36.6 Å². The zero-order valence-corrected chi connectivity index (χ0v) is 15.4. The van der Waals surface area contributed by atoms with Crippen molar-refractivity contribution in [3.8, 4) is 0 Å². The fraction of sp³-hybridized carbons (Fsp3) is 0.211. The van der Waals surface area contributed by atoms with Gasteiger partial charge in [0.05, 0.1) is 13.2 Å². The number of nitrogens with one attached hydrogen (secondary N) is 1. The fourth-order valence-electron chi connectivity index (χ4n) is 2.39. The standard InChI is InChI=1S/C19H19N3O3S/c1-3-25-19(24)16-11-17(22(21-16)12-15-5-4-10-26-15)20-18(23)14-8-6-13(2)7-9-14/h4-11H,3,12H2,1-2H3,(H,20,23). The number of thiophene rings is 1. The summed E-state index contributed by atoms with van der Waals surface area (Å²) in [6, 6.07) is 12.7. The van der Waals surface area contributed by atoms with Crippen LogP contribution in [0.15, 0.2) is 47.8 Å². The Bertz CT molecular complexity index is 899. The van der Waals surface area contributed by atoms with Crippen molar-refractivity contribution >= 4 is 29.0 Å². The maximum Gasteiger partial charge on any atom is 0.358 e. The monoisotopic (exact) mass is 369 g/mol. The highest BCUT2D eigenvalue weighted by atomic mass is 32.1. The van der Waals surface area contributed by atoms with Crippen LogP contribution < -0.4 is 5.32 Å². The number of hydrogen-bond donors (Lipinski definition) is 1. The van der Waals surface area contributed by atoms with E-state index in [4.69, 9.17) is 4.74 Å². The molecule has 1 amide bonds. The Morgan fingerprint density at radius 1 is 1.23 bits per heavy atom. The van der Waals surface area contributed by atoms with Crippen LogP contribution >= 0.6 is 11.3 Å². The molecule has 0 bridgehead atoms. The molecule has 1 aromatic carbocycles. The molecule has 0 unspecified atom stereocenters. The van der Waals surface area contributed by atoms with Crippen molar-refractivity contribution in [1.82, 2.24) is 9.78 Å². The molecule has 0 saturated heterocycles. The van der Waals surface area contributed by atoms with Gasteiger partial charge < -0.3 is 10.1 Å². The predicted molar refractivity (Wildman–Crippen MR) is 101 cm³/mol. The van der Waals surface area contributed by atoms with Gasteiger partial charge in [-0.2, -0.15) is 5.10 Å². The SMILES string of the molecule is CCOC(=O)c1cc(NC(=O)c2ccc(C)cc2)n(Cc2cccs2)n1. The van der Waals surface area contributed by atoms with Crippen LogP contribution in [0.1, 0.15) is 38.2 Å². The molecule has 0 fully saturated rings. The number of esters is 1. The Balaban J connectivity index is 1.86. The lowest BCUT2D eigenvalue weighted by Crippen LogP contribution is -2.16. The summed E-state index contributed by atoms with van der Waals surface area (Å²) in [6.45, 7) is 4.42. The number of nitrogens with zero attached hydrogens (tertiary/aromatic N) is 2. The molecule has 1 N–H and O–H groups in total. The highest BCUT2D eigenvalue weighted by Gasteiger charge is 2.18. The van der Waals surface area contributed by atoms with Crippen molar-refractivity contribution < 1.29 is 14.3 Å². The van der Waals surface area contributed by atoms with E-state index in [9.17, 15) is 9.59 Å².